The van der Waals surface area contributed by atoms with E-state index in [1.807, 2.05) is 0 Å². The van der Waals surface area contributed by atoms with Crippen LogP contribution in [0, 0.1) is 5.92 Å². The maximum absolute atomic E-state index is 11.5. The summed E-state index contributed by atoms with van der Waals surface area (Å²) in [6, 6.07) is 0. The summed E-state index contributed by atoms with van der Waals surface area (Å²) in [5, 5.41) is 10.1. The van der Waals surface area contributed by atoms with Crippen LogP contribution in [0.25, 0.3) is 0 Å². The van der Waals surface area contributed by atoms with Crippen molar-refractivity contribution in [3.63, 3.8) is 0 Å². The number of aliphatic hydroxyl groups is 1. The van der Waals surface area contributed by atoms with Crippen LogP contribution in [0.2, 0.25) is 0 Å². The van der Waals surface area contributed by atoms with Crippen LogP contribution in [0.15, 0.2) is 12.2 Å². The lowest BCUT2D eigenvalue weighted by Crippen LogP contribution is -2.40. The van der Waals surface area contributed by atoms with Crippen LogP contribution in [0.1, 0.15) is 20.3 Å². The van der Waals surface area contributed by atoms with Gasteiger partial charge in [0.1, 0.15) is 6.10 Å². The van der Waals surface area contributed by atoms with Gasteiger partial charge in [0.15, 0.2) is 11.9 Å². The van der Waals surface area contributed by atoms with Crippen LogP contribution in [-0.4, -0.2) is 41.3 Å². The highest BCUT2D eigenvalue weighted by atomic mass is 16.7. The molecule has 0 aromatic rings. The van der Waals surface area contributed by atoms with E-state index in [0.717, 1.165) is 0 Å². The van der Waals surface area contributed by atoms with Gasteiger partial charge in [-0.1, -0.05) is 6.58 Å². The molecule has 6 atom stereocenters. The van der Waals surface area contributed by atoms with Gasteiger partial charge in [-0.25, -0.2) is 4.79 Å². The van der Waals surface area contributed by atoms with Gasteiger partial charge < -0.3 is 19.3 Å². The molecule has 3 fully saturated rings. The van der Waals surface area contributed by atoms with E-state index in [0.29, 0.717) is 12.0 Å². The first-order valence-corrected chi connectivity index (χ1v) is 5.82. The van der Waals surface area contributed by atoms with Crippen molar-refractivity contribution in [3.8, 4) is 0 Å². The molecule has 0 amide bonds. The van der Waals surface area contributed by atoms with E-state index in [2.05, 4.69) is 6.58 Å². The van der Waals surface area contributed by atoms with Gasteiger partial charge in [0, 0.05) is 11.5 Å². The summed E-state index contributed by atoms with van der Waals surface area (Å²) in [6.45, 7) is 6.78. The normalized spacial score (nSPS) is 50.6. The van der Waals surface area contributed by atoms with Gasteiger partial charge in [-0.3, -0.25) is 0 Å². The Morgan fingerprint density at radius 3 is 2.88 bits per heavy atom. The van der Waals surface area contributed by atoms with Gasteiger partial charge in [0.2, 0.25) is 0 Å². The van der Waals surface area contributed by atoms with Gasteiger partial charge in [-0.15, -0.1) is 0 Å². The van der Waals surface area contributed by atoms with Crippen molar-refractivity contribution < 1.29 is 24.1 Å². The first kappa shape index (κ1) is 11.2. The Morgan fingerprint density at radius 2 is 2.24 bits per heavy atom. The number of carbonyl (C=O) groups is 1. The quantitative estimate of drug-likeness (QED) is 0.558. The highest BCUT2D eigenvalue weighted by molar-refractivity contribution is 5.87. The van der Waals surface area contributed by atoms with Crippen LogP contribution >= 0.6 is 0 Å². The Morgan fingerprint density at radius 1 is 1.53 bits per heavy atom. The monoisotopic (exact) mass is 240 g/mol. The summed E-state index contributed by atoms with van der Waals surface area (Å²) in [4.78, 5) is 11.5. The molecule has 1 N–H and O–H groups in total. The standard InChI is InChI=1S/C12H16O5/c1-5(2)11(13)16-9-7-4-6-8(15-7)10(9)17-12(6,3)14/h6-10,14H,1,4H2,2-3H3. The highest BCUT2D eigenvalue weighted by Crippen LogP contribution is 2.53. The minimum atomic E-state index is -1.17. The second kappa shape index (κ2) is 3.31. The predicted octanol–water partition coefficient (Wildman–Crippen LogP) is 0.369. The maximum atomic E-state index is 11.5. The summed E-state index contributed by atoms with van der Waals surface area (Å²) in [5.41, 5.74) is 0.356. The molecule has 5 nitrogen and oxygen atoms in total. The van der Waals surface area contributed by atoms with Crippen LogP contribution in [0.4, 0.5) is 0 Å². The summed E-state index contributed by atoms with van der Waals surface area (Å²) in [5.74, 6) is -1.62. The zero-order valence-corrected chi connectivity index (χ0v) is 9.88. The second-order valence-corrected chi connectivity index (χ2v) is 5.27. The first-order valence-electron chi connectivity index (χ1n) is 5.82. The second-order valence-electron chi connectivity index (χ2n) is 5.27. The maximum Gasteiger partial charge on any atom is 0.333 e. The summed E-state index contributed by atoms with van der Waals surface area (Å²) in [7, 11) is 0. The van der Waals surface area contributed by atoms with E-state index < -0.39 is 17.9 Å². The Kier molecular flexibility index (Phi) is 2.18. The molecule has 17 heavy (non-hydrogen) atoms. The molecule has 94 valence electrons. The van der Waals surface area contributed by atoms with Crippen LogP contribution in [0.3, 0.4) is 0 Å². The fourth-order valence-electron chi connectivity index (χ4n) is 3.04. The van der Waals surface area contributed by atoms with E-state index in [4.69, 9.17) is 14.2 Å². The number of ether oxygens (including phenoxy) is 3. The van der Waals surface area contributed by atoms with Crippen molar-refractivity contribution in [3.05, 3.63) is 12.2 Å². The van der Waals surface area contributed by atoms with Crippen molar-refractivity contribution in [2.24, 2.45) is 5.92 Å². The first-order chi connectivity index (χ1) is 7.90. The molecule has 3 rings (SSSR count). The zero-order chi connectivity index (χ0) is 12.4. The molecule has 0 saturated carbocycles. The highest BCUT2D eigenvalue weighted by Gasteiger charge is 2.67. The van der Waals surface area contributed by atoms with E-state index >= 15 is 0 Å². The van der Waals surface area contributed by atoms with Gasteiger partial charge in [-0.05, 0) is 20.3 Å². The molecular formula is C12H16O5. The fourth-order valence-corrected chi connectivity index (χ4v) is 3.04. The third-order valence-corrected chi connectivity index (χ3v) is 3.88. The topological polar surface area (TPSA) is 65.0 Å². The lowest BCUT2D eigenvalue weighted by atomic mass is 9.84. The van der Waals surface area contributed by atoms with Crippen LogP contribution in [-0.2, 0) is 19.0 Å². The summed E-state index contributed by atoms with van der Waals surface area (Å²) < 4.78 is 16.6. The smallest absolute Gasteiger partial charge is 0.333 e. The average Bonchev–Trinajstić information content (AvgIpc) is 2.81. The SMILES string of the molecule is C=C(C)C(=O)OC1C2CC3C(O2)C1OC3(C)O. The molecule has 5 heteroatoms. The van der Waals surface area contributed by atoms with E-state index in [-0.39, 0.29) is 24.2 Å². The molecule has 0 spiro atoms. The van der Waals surface area contributed by atoms with Crippen molar-refractivity contribution >= 4 is 5.97 Å². The third kappa shape index (κ3) is 1.46. The van der Waals surface area contributed by atoms with Gasteiger partial charge in [0.25, 0.3) is 0 Å². The van der Waals surface area contributed by atoms with Gasteiger partial charge >= 0.3 is 5.97 Å². The lowest BCUT2D eigenvalue weighted by Gasteiger charge is -2.22. The molecule has 3 aliphatic heterocycles. The zero-order valence-electron chi connectivity index (χ0n) is 9.88. The van der Waals surface area contributed by atoms with Crippen molar-refractivity contribution in [2.75, 3.05) is 0 Å². The minimum Gasteiger partial charge on any atom is -0.453 e. The molecule has 0 aliphatic carbocycles. The van der Waals surface area contributed by atoms with Crippen molar-refractivity contribution in [1.82, 2.24) is 0 Å². The predicted molar refractivity (Wildman–Crippen MR) is 57.0 cm³/mol. The van der Waals surface area contributed by atoms with Crippen LogP contribution in [0.5, 0.6) is 0 Å². The van der Waals surface area contributed by atoms with Gasteiger partial charge in [-0.2, -0.15) is 0 Å². The Bertz CT molecular complexity index is 388. The number of hydrogen-bond donors (Lipinski definition) is 1. The lowest BCUT2D eigenvalue weighted by molar-refractivity contribution is -0.205. The fraction of sp³-hybridized carbons (Fsp3) is 0.750. The Labute approximate surface area is 99.3 Å². The molecule has 3 saturated heterocycles. The van der Waals surface area contributed by atoms with Crippen molar-refractivity contribution in [1.29, 1.82) is 0 Å². The molecule has 0 radical (unpaired) electrons. The molecule has 2 bridgehead atoms. The Hall–Kier alpha value is -0.910. The molecular weight excluding hydrogens is 224 g/mol. The molecule has 0 aromatic heterocycles. The largest absolute Gasteiger partial charge is 0.453 e. The molecule has 3 heterocycles. The third-order valence-electron chi connectivity index (χ3n) is 3.88. The summed E-state index contributed by atoms with van der Waals surface area (Å²) in [6.07, 6.45) is -0.417. The molecule has 0 aromatic carbocycles. The number of fused-ring (bicyclic) bond motifs is 1. The van der Waals surface area contributed by atoms with Gasteiger partial charge in [0.05, 0.1) is 12.2 Å². The number of esters is 1. The Balaban J connectivity index is 1.78. The van der Waals surface area contributed by atoms with E-state index in [1.54, 1.807) is 13.8 Å². The van der Waals surface area contributed by atoms with Crippen molar-refractivity contribution in [2.45, 2.75) is 50.5 Å². The minimum absolute atomic E-state index is 0.0164. The van der Waals surface area contributed by atoms with E-state index in [9.17, 15) is 9.90 Å². The average molecular weight is 240 g/mol. The molecule has 6 unspecified atom stereocenters. The summed E-state index contributed by atoms with van der Waals surface area (Å²) >= 11 is 0. The van der Waals surface area contributed by atoms with Crippen LogP contribution < -0.4 is 0 Å². The van der Waals surface area contributed by atoms with E-state index in [1.165, 1.54) is 0 Å². The molecule has 3 aliphatic rings. The number of carbonyl (C=O) groups excluding carboxylic acids is 1. The number of rotatable bonds is 2. The number of hydrogen-bond acceptors (Lipinski definition) is 5.